The molecule has 3 aromatic rings. The van der Waals surface area contributed by atoms with E-state index < -0.39 is 10.0 Å². The van der Waals surface area contributed by atoms with Gasteiger partial charge in [-0.2, -0.15) is 0 Å². The van der Waals surface area contributed by atoms with Gasteiger partial charge in [0.2, 0.25) is 10.0 Å². The van der Waals surface area contributed by atoms with Crippen LogP contribution in [-0.4, -0.2) is 39.5 Å². The lowest BCUT2D eigenvalue weighted by Crippen LogP contribution is -2.27. The monoisotopic (exact) mass is 452 g/mol. The third kappa shape index (κ3) is 5.09. The van der Waals surface area contributed by atoms with Crippen molar-refractivity contribution in [3.8, 4) is 11.5 Å². The van der Waals surface area contributed by atoms with E-state index >= 15 is 0 Å². The van der Waals surface area contributed by atoms with Gasteiger partial charge >= 0.3 is 0 Å². The Morgan fingerprint density at radius 3 is 2.44 bits per heavy atom. The number of benzene rings is 3. The molecule has 1 aliphatic heterocycles. The van der Waals surface area contributed by atoms with Gasteiger partial charge in [0.05, 0.1) is 4.90 Å². The van der Waals surface area contributed by atoms with E-state index in [1.165, 1.54) is 17.0 Å². The van der Waals surface area contributed by atoms with Gasteiger partial charge in [-0.15, -0.1) is 0 Å². The molecule has 1 heterocycles. The number of amides is 1. The third-order valence-electron chi connectivity index (χ3n) is 5.07. The van der Waals surface area contributed by atoms with Gasteiger partial charge in [-0.25, -0.2) is 13.1 Å². The predicted octanol–water partition coefficient (Wildman–Crippen LogP) is 3.21. The summed E-state index contributed by atoms with van der Waals surface area (Å²) in [6, 6.07) is 20.9. The first-order valence-electron chi connectivity index (χ1n) is 10.2. The molecule has 4 rings (SSSR count). The molecule has 8 heteroatoms. The van der Waals surface area contributed by atoms with E-state index in [0.717, 1.165) is 11.1 Å². The van der Waals surface area contributed by atoms with E-state index in [2.05, 4.69) is 4.72 Å². The largest absolute Gasteiger partial charge is 0.486 e. The lowest BCUT2D eigenvalue weighted by molar-refractivity contribution is 0.0784. The van der Waals surface area contributed by atoms with Crippen molar-refractivity contribution in [1.29, 1.82) is 0 Å². The minimum Gasteiger partial charge on any atom is -0.486 e. The van der Waals surface area contributed by atoms with Crippen molar-refractivity contribution in [2.45, 2.75) is 18.0 Å². The molecule has 0 saturated carbocycles. The van der Waals surface area contributed by atoms with Crippen molar-refractivity contribution in [2.24, 2.45) is 0 Å². The summed E-state index contributed by atoms with van der Waals surface area (Å²) in [7, 11) is -2.09. The molecule has 0 bridgehead atoms. The molecular weight excluding hydrogens is 428 g/mol. The number of rotatable bonds is 7. The average molecular weight is 453 g/mol. The van der Waals surface area contributed by atoms with Crippen molar-refractivity contribution in [3.05, 3.63) is 89.5 Å². The molecule has 32 heavy (non-hydrogen) atoms. The summed E-state index contributed by atoms with van der Waals surface area (Å²) in [6.07, 6.45) is 0. The molecule has 0 unspecified atom stereocenters. The van der Waals surface area contributed by atoms with Crippen LogP contribution in [-0.2, 0) is 23.1 Å². The Hall–Kier alpha value is -3.36. The summed E-state index contributed by atoms with van der Waals surface area (Å²) in [4.78, 5) is 14.5. The summed E-state index contributed by atoms with van der Waals surface area (Å²) in [5.74, 6) is 1.07. The van der Waals surface area contributed by atoms with E-state index in [1.807, 2.05) is 48.5 Å². The molecule has 7 nitrogen and oxygen atoms in total. The van der Waals surface area contributed by atoms with Crippen molar-refractivity contribution >= 4 is 15.9 Å². The Balaban J connectivity index is 1.45. The standard InChI is InChI=1S/C24H24N2O5S/c1-26(17-19-10-11-22-23(14-19)31-13-12-30-22)24(27)20-8-5-9-21(15-20)32(28,29)25-16-18-6-3-2-4-7-18/h2-11,14-15,25H,12-13,16-17H2,1H3. The summed E-state index contributed by atoms with van der Waals surface area (Å²) in [5, 5.41) is 0. The second kappa shape index (κ2) is 9.42. The summed E-state index contributed by atoms with van der Waals surface area (Å²) in [6.45, 7) is 1.53. The van der Waals surface area contributed by atoms with Crippen LogP contribution >= 0.6 is 0 Å². The highest BCUT2D eigenvalue weighted by Crippen LogP contribution is 2.31. The van der Waals surface area contributed by atoms with Crippen LogP contribution in [0.5, 0.6) is 11.5 Å². The Morgan fingerprint density at radius 1 is 0.906 bits per heavy atom. The minimum absolute atomic E-state index is 0.0482. The zero-order valence-corrected chi connectivity index (χ0v) is 18.5. The van der Waals surface area contributed by atoms with Crippen molar-refractivity contribution in [1.82, 2.24) is 9.62 Å². The Morgan fingerprint density at radius 2 is 1.66 bits per heavy atom. The maximum absolute atomic E-state index is 13.0. The van der Waals surface area contributed by atoms with Gasteiger partial charge in [0.15, 0.2) is 11.5 Å². The van der Waals surface area contributed by atoms with Gasteiger partial charge in [-0.05, 0) is 41.5 Å². The van der Waals surface area contributed by atoms with Crippen LogP contribution in [0.2, 0.25) is 0 Å². The number of carbonyl (C=O) groups excluding carboxylic acids is 1. The van der Waals surface area contributed by atoms with Gasteiger partial charge < -0.3 is 14.4 Å². The zero-order chi connectivity index (χ0) is 22.6. The molecule has 1 amide bonds. The zero-order valence-electron chi connectivity index (χ0n) is 17.7. The van der Waals surface area contributed by atoms with Crippen LogP contribution in [0, 0.1) is 0 Å². The normalized spacial score (nSPS) is 12.9. The van der Waals surface area contributed by atoms with Crippen molar-refractivity contribution in [2.75, 3.05) is 20.3 Å². The van der Waals surface area contributed by atoms with Crippen LogP contribution in [0.1, 0.15) is 21.5 Å². The lowest BCUT2D eigenvalue weighted by Gasteiger charge is -2.21. The summed E-state index contributed by atoms with van der Waals surface area (Å²) >= 11 is 0. The van der Waals surface area contributed by atoms with Crippen LogP contribution in [0.4, 0.5) is 0 Å². The predicted molar refractivity (Wildman–Crippen MR) is 120 cm³/mol. The fraction of sp³-hybridized carbons (Fsp3) is 0.208. The average Bonchev–Trinajstić information content (AvgIpc) is 2.83. The first-order chi connectivity index (χ1) is 15.4. The number of hydrogen-bond donors (Lipinski definition) is 1. The van der Waals surface area contributed by atoms with Crippen LogP contribution in [0.15, 0.2) is 77.7 Å². The Labute approximate surface area is 187 Å². The van der Waals surface area contributed by atoms with Gasteiger partial charge in [-0.1, -0.05) is 42.5 Å². The van der Waals surface area contributed by atoms with Gasteiger partial charge in [0.25, 0.3) is 5.91 Å². The number of carbonyl (C=O) groups is 1. The molecule has 0 spiro atoms. The topological polar surface area (TPSA) is 84.9 Å². The smallest absolute Gasteiger partial charge is 0.253 e. The second-order valence-electron chi connectivity index (χ2n) is 7.48. The minimum atomic E-state index is -3.76. The molecule has 1 N–H and O–H groups in total. The Kier molecular flexibility index (Phi) is 6.43. The number of hydrogen-bond acceptors (Lipinski definition) is 5. The van der Waals surface area contributed by atoms with E-state index in [1.54, 1.807) is 19.2 Å². The first kappa shape index (κ1) is 21.9. The third-order valence-corrected chi connectivity index (χ3v) is 6.47. The number of nitrogens with one attached hydrogen (secondary N) is 1. The van der Waals surface area contributed by atoms with E-state index in [4.69, 9.17) is 9.47 Å². The first-order valence-corrected chi connectivity index (χ1v) is 11.7. The molecule has 0 radical (unpaired) electrons. The van der Waals surface area contributed by atoms with Crippen LogP contribution in [0.3, 0.4) is 0 Å². The maximum atomic E-state index is 13.0. The van der Waals surface area contributed by atoms with Crippen LogP contribution in [0.25, 0.3) is 0 Å². The molecular formula is C24H24N2O5S. The van der Waals surface area contributed by atoms with Gasteiger partial charge in [-0.3, -0.25) is 4.79 Å². The van der Waals surface area contributed by atoms with E-state index in [-0.39, 0.29) is 17.3 Å². The molecule has 1 aliphatic rings. The maximum Gasteiger partial charge on any atom is 0.253 e. The van der Waals surface area contributed by atoms with Crippen molar-refractivity contribution in [3.63, 3.8) is 0 Å². The van der Waals surface area contributed by atoms with Gasteiger partial charge in [0.1, 0.15) is 13.2 Å². The molecule has 0 saturated heterocycles. The molecule has 0 fully saturated rings. The Bertz CT molecular complexity index is 1210. The summed E-state index contributed by atoms with van der Waals surface area (Å²) in [5.41, 5.74) is 2.04. The highest BCUT2D eigenvalue weighted by molar-refractivity contribution is 7.89. The van der Waals surface area contributed by atoms with Crippen molar-refractivity contribution < 1.29 is 22.7 Å². The second-order valence-corrected chi connectivity index (χ2v) is 9.24. The number of sulfonamides is 1. The molecule has 0 aromatic heterocycles. The number of nitrogens with zero attached hydrogens (tertiary/aromatic N) is 1. The fourth-order valence-corrected chi connectivity index (χ4v) is 4.47. The highest BCUT2D eigenvalue weighted by atomic mass is 32.2. The molecule has 3 aromatic carbocycles. The van der Waals surface area contributed by atoms with E-state index in [9.17, 15) is 13.2 Å². The SMILES string of the molecule is CN(Cc1ccc2c(c1)OCCO2)C(=O)c1cccc(S(=O)(=O)NCc2ccccc2)c1. The fourth-order valence-electron chi connectivity index (χ4n) is 3.41. The number of fused-ring (bicyclic) bond motifs is 1. The molecule has 0 atom stereocenters. The highest BCUT2D eigenvalue weighted by Gasteiger charge is 2.19. The molecule has 0 aliphatic carbocycles. The molecule has 166 valence electrons. The van der Waals surface area contributed by atoms with Crippen LogP contribution < -0.4 is 14.2 Å². The quantitative estimate of drug-likeness (QED) is 0.595. The summed E-state index contributed by atoms with van der Waals surface area (Å²) < 4.78 is 39.1. The van der Waals surface area contributed by atoms with Gasteiger partial charge in [0, 0.05) is 25.7 Å². The van der Waals surface area contributed by atoms with E-state index in [0.29, 0.717) is 36.8 Å². The lowest BCUT2D eigenvalue weighted by atomic mass is 10.1. The number of ether oxygens (including phenoxy) is 2.